The smallest absolute Gasteiger partial charge is 0.322 e. The molecular formula is C12H17NO5S. The van der Waals surface area contributed by atoms with Crippen LogP contribution in [0.5, 0.6) is 0 Å². The molecule has 0 aliphatic heterocycles. The van der Waals surface area contributed by atoms with Gasteiger partial charge in [-0.05, 0) is 12.5 Å². The highest BCUT2D eigenvalue weighted by Crippen LogP contribution is 2.12. The fourth-order valence-electron chi connectivity index (χ4n) is 1.51. The zero-order chi connectivity index (χ0) is 14.3. The lowest BCUT2D eigenvalue weighted by Gasteiger charge is -2.16. The maximum Gasteiger partial charge on any atom is 0.322 e. The minimum Gasteiger partial charge on any atom is -0.465 e. The van der Waals surface area contributed by atoms with E-state index in [0.717, 1.165) is 0 Å². The molecule has 0 bridgehead atoms. The van der Waals surface area contributed by atoms with Crippen molar-refractivity contribution in [3.8, 4) is 0 Å². The summed E-state index contributed by atoms with van der Waals surface area (Å²) in [6.07, 6.45) is 0. The molecule has 7 heteroatoms. The van der Waals surface area contributed by atoms with Gasteiger partial charge < -0.3 is 9.84 Å². The number of aliphatic hydroxyl groups excluding tert-OH is 1. The summed E-state index contributed by atoms with van der Waals surface area (Å²) in [4.78, 5) is 11.2. The van der Waals surface area contributed by atoms with Crippen LogP contribution in [0.4, 0.5) is 0 Å². The SMILES string of the molecule is CCOC(=O)CS(=O)(=O)NC(CO)c1ccccc1. The molecule has 0 radical (unpaired) electrons. The average Bonchev–Trinajstić information content (AvgIpc) is 2.36. The van der Waals surface area contributed by atoms with Gasteiger partial charge in [0.25, 0.3) is 0 Å². The number of carbonyl (C=O) groups is 1. The summed E-state index contributed by atoms with van der Waals surface area (Å²) >= 11 is 0. The molecular weight excluding hydrogens is 270 g/mol. The van der Waals surface area contributed by atoms with Crippen LogP contribution in [0.25, 0.3) is 0 Å². The van der Waals surface area contributed by atoms with Crippen molar-refractivity contribution in [3.63, 3.8) is 0 Å². The molecule has 1 unspecified atom stereocenters. The first-order valence-electron chi connectivity index (χ1n) is 5.80. The van der Waals surface area contributed by atoms with Gasteiger partial charge in [-0.25, -0.2) is 13.1 Å². The van der Waals surface area contributed by atoms with E-state index in [1.165, 1.54) is 0 Å². The van der Waals surface area contributed by atoms with Gasteiger partial charge in [-0.3, -0.25) is 4.79 Å². The van der Waals surface area contributed by atoms with Crippen molar-refractivity contribution in [1.29, 1.82) is 0 Å². The molecule has 0 saturated carbocycles. The highest BCUT2D eigenvalue weighted by molar-refractivity contribution is 7.90. The summed E-state index contributed by atoms with van der Waals surface area (Å²) in [6.45, 7) is 1.32. The molecule has 19 heavy (non-hydrogen) atoms. The van der Waals surface area contributed by atoms with Gasteiger partial charge in [0.1, 0.15) is 0 Å². The molecule has 0 amide bonds. The quantitative estimate of drug-likeness (QED) is 0.699. The molecule has 0 spiro atoms. The van der Waals surface area contributed by atoms with E-state index in [1.807, 2.05) is 0 Å². The van der Waals surface area contributed by atoms with E-state index >= 15 is 0 Å². The van der Waals surface area contributed by atoms with Gasteiger partial charge >= 0.3 is 5.97 Å². The second kappa shape index (κ2) is 7.22. The van der Waals surface area contributed by atoms with Crippen LogP contribution in [0.15, 0.2) is 30.3 Å². The molecule has 0 aliphatic carbocycles. The Kier molecular flexibility index (Phi) is 5.94. The van der Waals surface area contributed by atoms with Crippen LogP contribution in [0.3, 0.4) is 0 Å². The average molecular weight is 287 g/mol. The fourth-order valence-corrected chi connectivity index (χ4v) is 2.63. The molecule has 6 nitrogen and oxygen atoms in total. The van der Waals surface area contributed by atoms with Gasteiger partial charge in [0.15, 0.2) is 5.75 Å². The molecule has 2 N–H and O–H groups in total. The van der Waals surface area contributed by atoms with E-state index in [4.69, 9.17) is 0 Å². The van der Waals surface area contributed by atoms with Crippen LogP contribution in [-0.4, -0.2) is 38.5 Å². The topological polar surface area (TPSA) is 92.7 Å². The van der Waals surface area contributed by atoms with Crippen molar-refractivity contribution in [3.05, 3.63) is 35.9 Å². The Balaban J connectivity index is 2.73. The van der Waals surface area contributed by atoms with E-state index in [-0.39, 0.29) is 6.61 Å². The van der Waals surface area contributed by atoms with Gasteiger partial charge in [-0.2, -0.15) is 0 Å². The van der Waals surface area contributed by atoms with Gasteiger partial charge in [0.2, 0.25) is 10.0 Å². The Bertz CT molecular complexity index is 500. The minimum atomic E-state index is -3.85. The van der Waals surface area contributed by atoms with Crippen molar-refractivity contribution in [2.45, 2.75) is 13.0 Å². The Hall–Kier alpha value is -1.44. The van der Waals surface area contributed by atoms with Crippen molar-refractivity contribution in [1.82, 2.24) is 4.72 Å². The number of benzene rings is 1. The second-order valence-corrected chi connectivity index (χ2v) is 5.58. The summed E-state index contributed by atoms with van der Waals surface area (Å²) in [5.41, 5.74) is 0.623. The van der Waals surface area contributed by atoms with Crippen molar-refractivity contribution < 1.29 is 23.1 Å². The van der Waals surface area contributed by atoms with E-state index < -0.39 is 34.4 Å². The van der Waals surface area contributed by atoms with Crippen LogP contribution in [0, 0.1) is 0 Å². The lowest BCUT2D eigenvalue weighted by molar-refractivity contribution is -0.139. The predicted molar refractivity (Wildman–Crippen MR) is 69.8 cm³/mol. The first kappa shape index (κ1) is 15.6. The van der Waals surface area contributed by atoms with Crippen molar-refractivity contribution >= 4 is 16.0 Å². The van der Waals surface area contributed by atoms with E-state index in [1.54, 1.807) is 37.3 Å². The van der Waals surface area contributed by atoms with Crippen LogP contribution < -0.4 is 4.72 Å². The van der Waals surface area contributed by atoms with Gasteiger partial charge in [0, 0.05) is 0 Å². The molecule has 0 saturated heterocycles. The van der Waals surface area contributed by atoms with Crippen molar-refractivity contribution in [2.24, 2.45) is 0 Å². The molecule has 1 rings (SSSR count). The van der Waals surface area contributed by atoms with Crippen LogP contribution >= 0.6 is 0 Å². The largest absolute Gasteiger partial charge is 0.465 e. The highest BCUT2D eigenvalue weighted by atomic mass is 32.2. The van der Waals surface area contributed by atoms with Crippen molar-refractivity contribution in [2.75, 3.05) is 19.0 Å². The molecule has 1 aromatic rings. The number of sulfonamides is 1. The number of hydrogen-bond donors (Lipinski definition) is 2. The van der Waals surface area contributed by atoms with Gasteiger partial charge in [-0.15, -0.1) is 0 Å². The van der Waals surface area contributed by atoms with Gasteiger partial charge in [-0.1, -0.05) is 30.3 Å². The zero-order valence-corrected chi connectivity index (χ0v) is 11.4. The fraction of sp³-hybridized carbons (Fsp3) is 0.417. The summed E-state index contributed by atoms with van der Waals surface area (Å²) in [5.74, 6) is -1.58. The standard InChI is InChI=1S/C12H17NO5S/c1-2-18-12(15)9-19(16,17)13-11(8-14)10-6-4-3-5-7-10/h3-7,11,13-14H,2,8-9H2,1H3. The first-order chi connectivity index (χ1) is 8.98. The number of rotatable bonds is 7. The summed E-state index contributed by atoms with van der Waals surface area (Å²) in [5, 5.41) is 9.24. The van der Waals surface area contributed by atoms with E-state index in [0.29, 0.717) is 5.56 Å². The lowest BCUT2D eigenvalue weighted by atomic mass is 10.1. The van der Waals surface area contributed by atoms with Gasteiger partial charge in [0.05, 0.1) is 19.3 Å². The van der Waals surface area contributed by atoms with Crippen LogP contribution in [-0.2, 0) is 19.6 Å². The zero-order valence-electron chi connectivity index (χ0n) is 10.6. The number of esters is 1. The first-order valence-corrected chi connectivity index (χ1v) is 7.45. The number of nitrogens with one attached hydrogen (secondary N) is 1. The second-order valence-electron chi connectivity index (χ2n) is 3.83. The maximum absolute atomic E-state index is 11.7. The molecule has 0 fully saturated rings. The Morgan fingerprint density at radius 2 is 2.00 bits per heavy atom. The third-order valence-corrected chi connectivity index (χ3v) is 3.58. The molecule has 1 aromatic carbocycles. The monoisotopic (exact) mass is 287 g/mol. The molecule has 1 atom stereocenters. The lowest BCUT2D eigenvalue weighted by Crippen LogP contribution is -2.35. The molecule has 106 valence electrons. The van der Waals surface area contributed by atoms with Crippen LogP contribution in [0.1, 0.15) is 18.5 Å². The van der Waals surface area contributed by atoms with E-state index in [9.17, 15) is 18.3 Å². The maximum atomic E-state index is 11.7. The Morgan fingerprint density at radius 3 is 2.53 bits per heavy atom. The number of hydrogen-bond acceptors (Lipinski definition) is 5. The normalized spacial score (nSPS) is 12.9. The minimum absolute atomic E-state index is 0.121. The number of aliphatic hydroxyl groups is 1. The third kappa shape index (κ3) is 5.37. The van der Waals surface area contributed by atoms with E-state index in [2.05, 4.69) is 9.46 Å². The Morgan fingerprint density at radius 1 is 1.37 bits per heavy atom. The number of ether oxygens (including phenoxy) is 1. The third-order valence-electron chi connectivity index (χ3n) is 2.32. The summed E-state index contributed by atoms with van der Waals surface area (Å²) < 4.78 is 30.3. The Labute approximate surface area is 112 Å². The van der Waals surface area contributed by atoms with Crippen LogP contribution in [0.2, 0.25) is 0 Å². The number of carbonyl (C=O) groups excluding carboxylic acids is 1. The highest BCUT2D eigenvalue weighted by Gasteiger charge is 2.22. The molecule has 0 heterocycles. The summed E-state index contributed by atoms with van der Waals surface area (Å²) in [7, 11) is -3.85. The molecule has 0 aliphatic rings. The predicted octanol–water partition coefficient (Wildman–Crippen LogP) is 0.203. The summed E-state index contributed by atoms with van der Waals surface area (Å²) in [6, 6.07) is 7.85. The molecule has 0 aromatic heterocycles.